The Morgan fingerprint density at radius 2 is 1.59 bits per heavy atom. The van der Waals surface area contributed by atoms with Crippen molar-refractivity contribution in [2.45, 2.75) is 72.1 Å². The molecule has 10 nitrogen and oxygen atoms in total. The van der Waals surface area contributed by atoms with E-state index >= 15 is 0 Å². The van der Waals surface area contributed by atoms with Gasteiger partial charge in [0.2, 0.25) is 0 Å². The summed E-state index contributed by atoms with van der Waals surface area (Å²) < 4.78 is 0. The molecule has 8 bridgehead atoms. The van der Waals surface area contributed by atoms with E-state index in [-0.39, 0.29) is 35.6 Å². The summed E-state index contributed by atoms with van der Waals surface area (Å²) in [5, 5.41) is 29.9. The number of allylic oxidation sites excluding steroid dienone is 1. The summed E-state index contributed by atoms with van der Waals surface area (Å²) in [6, 6.07) is 5.75. The number of aryl methyl sites for hydroxylation is 3. The summed E-state index contributed by atoms with van der Waals surface area (Å²) in [6.07, 6.45) is 2.03. The van der Waals surface area contributed by atoms with Crippen LogP contribution in [0.5, 0.6) is 0 Å². The highest BCUT2D eigenvalue weighted by Crippen LogP contribution is 2.43. The second-order valence-electron chi connectivity index (χ2n) is 11.5. The molecule has 5 heterocycles. The van der Waals surface area contributed by atoms with Gasteiger partial charge < -0.3 is 25.3 Å². The Kier molecular flexibility index (Phi) is 8.03. The van der Waals surface area contributed by atoms with Crippen molar-refractivity contribution in [2.24, 2.45) is 0 Å². The third-order valence-electron chi connectivity index (χ3n) is 8.94. The van der Waals surface area contributed by atoms with Gasteiger partial charge in [-0.1, -0.05) is 26.5 Å². The number of aromatic nitrogens is 4. The number of carboxylic acids is 3. The molecule has 0 saturated heterocycles. The Balaban J connectivity index is 2.04. The summed E-state index contributed by atoms with van der Waals surface area (Å²) in [6.45, 7) is 13.7. The van der Waals surface area contributed by atoms with Crippen LogP contribution in [0.2, 0.25) is 0 Å². The van der Waals surface area contributed by atoms with Gasteiger partial charge in [0.25, 0.3) is 0 Å². The first kappa shape index (κ1) is 30.5. The predicted molar refractivity (Wildman–Crippen MR) is 169 cm³/mol. The summed E-state index contributed by atoms with van der Waals surface area (Å²) in [4.78, 5) is 53.2. The standard InChI is InChI=1S/C34H36N4O6/c1-7-19-15(3)23-12-25-17(5)21(9-10-29(39)40)32(37-25)22(11-30(41)42)33-31(34(43)44)18(6)26(38-33)14-28-20(8-2)16(4)24(36-28)13-27(19)35-23/h7,12-14,17,21,35-36H,1,8-11H2,2-6H3,(H,39,40)(H,41,42)(H,43,44)/t17-,21+/m0/s1. The molecule has 0 fully saturated rings. The van der Waals surface area contributed by atoms with Crippen molar-refractivity contribution >= 4 is 57.2 Å². The largest absolute Gasteiger partial charge is 0.481 e. The van der Waals surface area contributed by atoms with Gasteiger partial charge in [0.15, 0.2) is 0 Å². The SMILES string of the molecule is C=Cc1c(C)c2cc3nc(c(CC(=O)O)c4nc(cc5[nH]c(cc1[nH]2)c(C)c5CC)C(C)=C4C(=O)O)[C@H](CCC(=O)O)[C@@H]3C. The van der Waals surface area contributed by atoms with E-state index in [9.17, 15) is 29.7 Å². The van der Waals surface area contributed by atoms with Gasteiger partial charge in [-0.3, -0.25) is 14.6 Å². The zero-order valence-corrected chi connectivity index (χ0v) is 25.5. The van der Waals surface area contributed by atoms with Crippen molar-refractivity contribution in [2.75, 3.05) is 0 Å². The maximum absolute atomic E-state index is 12.7. The van der Waals surface area contributed by atoms with Crippen LogP contribution in [0.15, 0.2) is 24.8 Å². The van der Waals surface area contributed by atoms with Crippen molar-refractivity contribution in [3.8, 4) is 0 Å². The first-order valence-corrected chi connectivity index (χ1v) is 14.6. The number of rotatable bonds is 8. The van der Waals surface area contributed by atoms with E-state index in [1.807, 2.05) is 45.9 Å². The Labute approximate surface area is 254 Å². The molecule has 0 unspecified atom stereocenters. The second kappa shape index (κ2) is 11.6. The molecule has 3 aromatic heterocycles. The first-order chi connectivity index (χ1) is 20.9. The summed E-state index contributed by atoms with van der Waals surface area (Å²) >= 11 is 0. The van der Waals surface area contributed by atoms with Gasteiger partial charge >= 0.3 is 17.9 Å². The number of hydrogen-bond acceptors (Lipinski definition) is 5. The van der Waals surface area contributed by atoms with E-state index in [2.05, 4.69) is 16.5 Å². The molecule has 2 aliphatic rings. The molecule has 0 amide bonds. The molecule has 0 saturated carbocycles. The van der Waals surface area contributed by atoms with Gasteiger partial charge in [0.05, 0.1) is 29.1 Å². The number of aliphatic carboxylic acids is 3. The highest BCUT2D eigenvalue weighted by molar-refractivity contribution is 6.24. The molecule has 228 valence electrons. The molecule has 3 aromatic rings. The van der Waals surface area contributed by atoms with Gasteiger partial charge in [-0.15, -0.1) is 0 Å². The fourth-order valence-electron chi connectivity index (χ4n) is 6.53. The van der Waals surface area contributed by atoms with Gasteiger partial charge in [-0.05, 0) is 74.1 Å². The molecule has 0 radical (unpaired) electrons. The fraction of sp³-hybridized carbons (Fsp3) is 0.324. The number of hydrogen-bond donors (Lipinski definition) is 5. The van der Waals surface area contributed by atoms with Gasteiger partial charge in [0, 0.05) is 57.1 Å². The molecule has 0 spiro atoms. The second-order valence-corrected chi connectivity index (χ2v) is 11.5. The zero-order valence-electron chi connectivity index (χ0n) is 25.5. The molecule has 44 heavy (non-hydrogen) atoms. The third-order valence-corrected chi connectivity index (χ3v) is 8.94. The highest BCUT2D eigenvalue weighted by Gasteiger charge is 2.35. The number of H-pyrrole nitrogens is 2. The lowest BCUT2D eigenvalue weighted by molar-refractivity contribution is -0.138. The number of carbonyl (C=O) groups is 3. The number of nitrogens with zero attached hydrogens (tertiary/aromatic N) is 2. The highest BCUT2D eigenvalue weighted by atomic mass is 16.4. The Hall–Kier alpha value is -4.99. The van der Waals surface area contributed by atoms with Crippen molar-refractivity contribution < 1.29 is 29.7 Å². The van der Waals surface area contributed by atoms with Crippen LogP contribution in [0, 0.1) is 13.8 Å². The molecule has 0 aromatic carbocycles. The van der Waals surface area contributed by atoms with Crippen LogP contribution < -0.4 is 0 Å². The van der Waals surface area contributed by atoms with Crippen LogP contribution in [0.3, 0.4) is 0 Å². The monoisotopic (exact) mass is 596 g/mol. The maximum Gasteiger partial charge on any atom is 0.338 e. The lowest BCUT2D eigenvalue weighted by Gasteiger charge is -2.17. The smallest absolute Gasteiger partial charge is 0.338 e. The molecule has 10 heteroatoms. The summed E-state index contributed by atoms with van der Waals surface area (Å²) in [7, 11) is 0. The maximum atomic E-state index is 12.7. The molecule has 2 aliphatic heterocycles. The first-order valence-electron chi connectivity index (χ1n) is 14.6. The topological polar surface area (TPSA) is 169 Å². The van der Waals surface area contributed by atoms with Crippen molar-refractivity contribution in [3.05, 3.63) is 75.4 Å². The molecule has 2 atom stereocenters. The predicted octanol–water partition coefficient (Wildman–Crippen LogP) is 6.53. The van der Waals surface area contributed by atoms with Crippen LogP contribution in [0.4, 0.5) is 0 Å². The number of nitrogens with one attached hydrogen (secondary N) is 2. The minimum Gasteiger partial charge on any atom is -0.481 e. The number of fused-ring (bicyclic) bond motifs is 8. The van der Waals surface area contributed by atoms with E-state index in [0.29, 0.717) is 29.1 Å². The van der Waals surface area contributed by atoms with Crippen molar-refractivity contribution in [1.29, 1.82) is 0 Å². The van der Waals surface area contributed by atoms with E-state index < -0.39 is 30.2 Å². The summed E-state index contributed by atoms with van der Waals surface area (Å²) in [5.41, 5.74) is 9.23. The van der Waals surface area contributed by atoms with E-state index in [1.165, 1.54) is 0 Å². The van der Waals surface area contributed by atoms with Gasteiger partial charge in [0.1, 0.15) is 0 Å². The lowest BCUT2D eigenvalue weighted by atomic mass is 9.84. The van der Waals surface area contributed by atoms with Crippen LogP contribution >= 0.6 is 0 Å². The Morgan fingerprint density at radius 1 is 0.909 bits per heavy atom. The van der Waals surface area contributed by atoms with Crippen molar-refractivity contribution in [3.63, 3.8) is 0 Å². The minimum absolute atomic E-state index is 0.0451. The molecule has 5 N–H and O–H groups in total. The van der Waals surface area contributed by atoms with Crippen LogP contribution in [-0.4, -0.2) is 53.2 Å². The normalized spacial score (nSPS) is 16.3. The average Bonchev–Trinajstić information content (AvgIpc) is 3.63. The number of aromatic amines is 2. The number of carboxylic acid groups (broad SMARTS) is 3. The minimum atomic E-state index is -1.23. The Morgan fingerprint density at radius 3 is 2.20 bits per heavy atom. The summed E-state index contributed by atoms with van der Waals surface area (Å²) in [5.74, 6) is -4.13. The van der Waals surface area contributed by atoms with Crippen LogP contribution in [0.25, 0.3) is 39.3 Å². The lowest BCUT2D eigenvalue weighted by Crippen LogP contribution is -2.13. The Bertz CT molecular complexity index is 1940. The van der Waals surface area contributed by atoms with E-state index in [1.54, 1.807) is 13.0 Å². The third kappa shape index (κ3) is 5.21. The quantitative estimate of drug-likeness (QED) is 0.195. The van der Waals surface area contributed by atoms with Gasteiger partial charge in [-0.25, -0.2) is 9.78 Å². The average molecular weight is 597 g/mol. The molecular formula is C34H36N4O6. The van der Waals surface area contributed by atoms with Crippen molar-refractivity contribution in [1.82, 2.24) is 19.9 Å². The van der Waals surface area contributed by atoms with E-state index in [4.69, 9.17) is 9.97 Å². The van der Waals surface area contributed by atoms with Crippen LogP contribution in [-0.2, 0) is 27.2 Å². The molecule has 5 rings (SSSR count). The zero-order chi connectivity index (χ0) is 32.0. The van der Waals surface area contributed by atoms with Gasteiger partial charge in [-0.2, -0.15) is 0 Å². The van der Waals surface area contributed by atoms with Crippen LogP contribution in [0.1, 0.15) is 96.0 Å². The molecule has 0 aliphatic carbocycles. The molecular weight excluding hydrogens is 560 g/mol. The van der Waals surface area contributed by atoms with E-state index in [0.717, 1.165) is 44.3 Å². The fourth-order valence-corrected chi connectivity index (χ4v) is 6.53.